The van der Waals surface area contributed by atoms with Gasteiger partial charge in [0.15, 0.2) is 11.5 Å². The van der Waals surface area contributed by atoms with Gasteiger partial charge in [-0.25, -0.2) is 0 Å². The Labute approximate surface area is 133 Å². The number of rotatable bonds is 6. The standard InChI is InChI=1S/C18H28N2O2/c1-21-16-6-5-15(12-17(16)22-2)4-3-10-20-11-8-18(14-20)7-9-19-13-18/h5-6,12,19H,3-4,7-11,13-14H2,1-2H3. The van der Waals surface area contributed by atoms with Crippen LogP contribution < -0.4 is 14.8 Å². The highest BCUT2D eigenvalue weighted by Gasteiger charge is 2.39. The molecular weight excluding hydrogens is 276 g/mol. The van der Waals surface area contributed by atoms with Gasteiger partial charge in [-0.2, -0.15) is 0 Å². The highest BCUT2D eigenvalue weighted by Crippen LogP contribution is 2.36. The zero-order valence-electron chi connectivity index (χ0n) is 13.9. The van der Waals surface area contributed by atoms with E-state index < -0.39 is 0 Å². The van der Waals surface area contributed by atoms with Gasteiger partial charge in [0.2, 0.25) is 0 Å². The first kappa shape index (κ1) is 15.6. The fourth-order valence-electron chi connectivity index (χ4n) is 3.91. The van der Waals surface area contributed by atoms with Gasteiger partial charge in [-0.05, 0) is 68.4 Å². The number of hydrogen-bond acceptors (Lipinski definition) is 4. The summed E-state index contributed by atoms with van der Waals surface area (Å²) in [5.74, 6) is 1.64. The molecule has 0 aromatic heterocycles. The average molecular weight is 304 g/mol. The molecule has 1 atom stereocenters. The molecule has 1 aromatic carbocycles. The highest BCUT2D eigenvalue weighted by atomic mass is 16.5. The molecule has 0 radical (unpaired) electrons. The Morgan fingerprint density at radius 3 is 2.77 bits per heavy atom. The number of ether oxygens (including phenoxy) is 2. The quantitative estimate of drug-likeness (QED) is 0.874. The van der Waals surface area contributed by atoms with Crippen molar-refractivity contribution >= 4 is 0 Å². The zero-order chi connectivity index (χ0) is 15.4. The first-order valence-corrected chi connectivity index (χ1v) is 8.39. The van der Waals surface area contributed by atoms with Crippen molar-refractivity contribution in [2.75, 3.05) is 46.9 Å². The van der Waals surface area contributed by atoms with E-state index in [1.807, 2.05) is 6.07 Å². The summed E-state index contributed by atoms with van der Waals surface area (Å²) in [5, 5.41) is 3.53. The largest absolute Gasteiger partial charge is 0.493 e. The molecule has 4 nitrogen and oxygen atoms in total. The summed E-state index contributed by atoms with van der Waals surface area (Å²) in [6.45, 7) is 6.19. The van der Waals surface area contributed by atoms with E-state index in [-0.39, 0.29) is 0 Å². The minimum Gasteiger partial charge on any atom is -0.493 e. The third kappa shape index (κ3) is 3.39. The third-order valence-electron chi connectivity index (χ3n) is 5.24. The molecule has 2 aliphatic rings. The molecule has 3 rings (SSSR count). The fourth-order valence-corrected chi connectivity index (χ4v) is 3.91. The van der Waals surface area contributed by atoms with Crippen LogP contribution in [-0.4, -0.2) is 51.8 Å². The van der Waals surface area contributed by atoms with Gasteiger partial charge in [-0.3, -0.25) is 0 Å². The Bertz CT molecular complexity index is 498. The molecular formula is C18H28N2O2. The summed E-state index contributed by atoms with van der Waals surface area (Å²) in [7, 11) is 3.37. The second kappa shape index (κ2) is 6.88. The van der Waals surface area contributed by atoms with Gasteiger partial charge in [0.05, 0.1) is 14.2 Å². The van der Waals surface area contributed by atoms with Crippen molar-refractivity contribution in [2.24, 2.45) is 5.41 Å². The smallest absolute Gasteiger partial charge is 0.160 e. The molecule has 1 unspecified atom stereocenters. The molecule has 2 saturated heterocycles. The van der Waals surface area contributed by atoms with Crippen LogP contribution in [0.5, 0.6) is 11.5 Å². The van der Waals surface area contributed by atoms with Crippen LogP contribution in [0.1, 0.15) is 24.8 Å². The Hall–Kier alpha value is -1.26. The number of likely N-dealkylation sites (tertiary alicyclic amines) is 1. The lowest BCUT2D eigenvalue weighted by Crippen LogP contribution is -2.29. The Balaban J connectivity index is 1.47. The Kier molecular flexibility index (Phi) is 4.89. The van der Waals surface area contributed by atoms with Crippen LogP contribution >= 0.6 is 0 Å². The minimum atomic E-state index is 0.587. The summed E-state index contributed by atoms with van der Waals surface area (Å²) >= 11 is 0. The van der Waals surface area contributed by atoms with Crippen LogP contribution in [0.3, 0.4) is 0 Å². The maximum atomic E-state index is 5.38. The van der Waals surface area contributed by atoms with E-state index in [0.29, 0.717) is 5.41 Å². The van der Waals surface area contributed by atoms with Crippen molar-refractivity contribution in [3.05, 3.63) is 23.8 Å². The summed E-state index contributed by atoms with van der Waals surface area (Å²) < 4.78 is 10.7. The molecule has 2 heterocycles. The topological polar surface area (TPSA) is 33.7 Å². The van der Waals surface area contributed by atoms with E-state index in [0.717, 1.165) is 17.9 Å². The predicted octanol–water partition coefficient (Wildman–Crippen LogP) is 2.32. The van der Waals surface area contributed by atoms with Crippen LogP contribution in [-0.2, 0) is 6.42 Å². The van der Waals surface area contributed by atoms with Gasteiger partial charge >= 0.3 is 0 Å². The van der Waals surface area contributed by atoms with E-state index in [1.165, 1.54) is 57.5 Å². The Morgan fingerprint density at radius 1 is 1.18 bits per heavy atom. The number of hydrogen-bond donors (Lipinski definition) is 1. The third-order valence-corrected chi connectivity index (χ3v) is 5.24. The lowest BCUT2D eigenvalue weighted by molar-refractivity contribution is 0.272. The molecule has 0 aliphatic carbocycles. The second-order valence-corrected chi connectivity index (χ2v) is 6.75. The molecule has 2 fully saturated rings. The predicted molar refractivity (Wildman–Crippen MR) is 88.8 cm³/mol. The van der Waals surface area contributed by atoms with Crippen molar-refractivity contribution in [2.45, 2.75) is 25.7 Å². The molecule has 1 aromatic rings. The van der Waals surface area contributed by atoms with Crippen molar-refractivity contribution < 1.29 is 9.47 Å². The number of nitrogens with zero attached hydrogens (tertiary/aromatic N) is 1. The average Bonchev–Trinajstić information content (AvgIpc) is 3.17. The van der Waals surface area contributed by atoms with Crippen molar-refractivity contribution in [3.8, 4) is 11.5 Å². The van der Waals surface area contributed by atoms with Crippen LogP contribution in [0.15, 0.2) is 18.2 Å². The van der Waals surface area contributed by atoms with E-state index in [9.17, 15) is 0 Å². The monoisotopic (exact) mass is 304 g/mol. The van der Waals surface area contributed by atoms with Crippen molar-refractivity contribution in [1.82, 2.24) is 10.2 Å². The molecule has 0 saturated carbocycles. The lowest BCUT2D eigenvalue weighted by Gasteiger charge is -2.22. The molecule has 122 valence electrons. The summed E-state index contributed by atoms with van der Waals surface area (Å²) in [4.78, 5) is 2.65. The van der Waals surface area contributed by atoms with Crippen LogP contribution in [0.25, 0.3) is 0 Å². The van der Waals surface area contributed by atoms with Crippen molar-refractivity contribution in [1.29, 1.82) is 0 Å². The highest BCUT2D eigenvalue weighted by molar-refractivity contribution is 5.42. The maximum Gasteiger partial charge on any atom is 0.160 e. The lowest BCUT2D eigenvalue weighted by atomic mass is 9.87. The summed E-state index contributed by atoms with van der Waals surface area (Å²) in [6, 6.07) is 6.25. The normalized spacial score (nSPS) is 25.0. The van der Waals surface area contributed by atoms with E-state index >= 15 is 0 Å². The van der Waals surface area contributed by atoms with Crippen LogP contribution in [0.2, 0.25) is 0 Å². The molecule has 2 aliphatic heterocycles. The van der Waals surface area contributed by atoms with E-state index in [4.69, 9.17) is 9.47 Å². The van der Waals surface area contributed by atoms with E-state index in [1.54, 1.807) is 14.2 Å². The van der Waals surface area contributed by atoms with Gasteiger partial charge in [0.25, 0.3) is 0 Å². The minimum absolute atomic E-state index is 0.587. The van der Waals surface area contributed by atoms with Crippen LogP contribution in [0.4, 0.5) is 0 Å². The summed E-state index contributed by atoms with van der Waals surface area (Å²) in [5.41, 5.74) is 1.91. The molecule has 1 N–H and O–H groups in total. The molecule has 0 bridgehead atoms. The van der Waals surface area contributed by atoms with Gasteiger partial charge in [0, 0.05) is 13.1 Å². The van der Waals surface area contributed by atoms with Gasteiger partial charge in [0.1, 0.15) is 0 Å². The van der Waals surface area contributed by atoms with Gasteiger partial charge in [-0.1, -0.05) is 6.07 Å². The molecule has 4 heteroatoms. The van der Waals surface area contributed by atoms with E-state index in [2.05, 4.69) is 22.3 Å². The van der Waals surface area contributed by atoms with Crippen molar-refractivity contribution in [3.63, 3.8) is 0 Å². The number of nitrogens with one attached hydrogen (secondary N) is 1. The first-order valence-electron chi connectivity index (χ1n) is 8.39. The SMILES string of the molecule is COc1ccc(CCCN2CCC3(CCNC3)C2)cc1OC. The number of methoxy groups -OCH3 is 2. The van der Waals surface area contributed by atoms with Crippen LogP contribution in [0, 0.1) is 5.41 Å². The molecule has 0 amide bonds. The zero-order valence-corrected chi connectivity index (χ0v) is 13.9. The maximum absolute atomic E-state index is 5.38. The second-order valence-electron chi connectivity index (χ2n) is 6.75. The number of aryl methyl sites for hydroxylation is 1. The van der Waals surface area contributed by atoms with Gasteiger partial charge in [-0.15, -0.1) is 0 Å². The number of benzene rings is 1. The molecule has 22 heavy (non-hydrogen) atoms. The first-order chi connectivity index (χ1) is 10.7. The Morgan fingerprint density at radius 2 is 2.05 bits per heavy atom. The summed E-state index contributed by atoms with van der Waals surface area (Å²) in [6.07, 6.45) is 5.04. The fraction of sp³-hybridized carbons (Fsp3) is 0.667. The van der Waals surface area contributed by atoms with Gasteiger partial charge < -0.3 is 19.7 Å². The molecule has 1 spiro atoms.